The summed E-state index contributed by atoms with van der Waals surface area (Å²) in [6.45, 7) is 2.69. The van der Waals surface area contributed by atoms with Gasteiger partial charge in [-0.1, -0.05) is 34.1 Å². The monoisotopic (exact) mass is 444 g/mol. The van der Waals surface area contributed by atoms with Gasteiger partial charge in [0.1, 0.15) is 0 Å². The Morgan fingerprint density at radius 1 is 1.31 bits per heavy atom. The van der Waals surface area contributed by atoms with Gasteiger partial charge in [-0.15, -0.1) is 0 Å². The molecule has 0 aromatic heterocycles. The highest BCUT2D eigenvalue weighted by Crippen LogP contribution is 2.38. The molecule has 1 unspecified atom stereocenters. The molecule has 0 saturated carbocycles. The van der Waals surface area contributed by atoms with Crippen LogP contribution in [0.15, 0.2) is 40.4 Å². The predicted octanol–water partition coefficient (Wildman–Crippen LogP) is 2.76. The van der Waals surface area contributed by atoms with Gasteiger partial charge >= 0.3 is 5.97 Å². The molecule has 2 aliphatic rings. The summed E-state index contributed by atoms with van der Waals surface area (Å²) in [7, 11) is -3.63. The van der Waals surface area contributed by atoms with Gasteiger partial charge in [-0.25, -0.2) is 13.2 Å². The van der Waals surface area contributed by atoms with Gasteiger partial charge < -0.3 is 14.2 Å². The van der Waals surface area contributed by atoms with Gasteiger partial charge in [-0.3, -0.25) is 0 Å². The van der Waals surface area contributed by atoms with Crippen LogP contribution >= 0.6 is 15.9 Å². The zero-order chi connectivity index (χ0) is 18.8. The fourth-order valence-electron chi connectivity index (χ4n) is 3.30. The Bertz CT molecular complexity index is 811. The Kier molecular flexibility index (Phi) is 5.86. The van der Waals surface area contributed by atoms with Crippen molar-refractivity contribution in [2.24, 2.45) is 0 Å². The van der Waals surface area contributed by atoms with Crippen molar-refractivity contribution < 1.29 is 27.4 Å². The van der Waals surface area contributed by atoms with Gasteiger partial charge in [0.05, 0.1) is 36.4 Å². The van der Waals surface area contributed by atoms with Crippen molar-refractivity contribution in [1.82, 2.24) is 0 Å². The first-order valence-corrected chi connectivity index (χ1v) is 11.0. The van der Waals surface area contributed by atoms with Crippen molar-refractivity contribution in [3.8, 4) is 0 Å². The Hall–Kier alpha value is -1.22. The molecule has 1 heterocycles. The number of esters is 1. The van der Waals surface area contributed by atoms with Gasteiger partial charge in [0.2, 0.25) is 0 Å². The van der Waals surface area contributed by atoms with Gasteiger partial charge in [0.15, 0.2) is 15.6 Å². The molecule has 26 heavy (non-hydrogen) atoms. The number of ether oxygens (including phenoxy) is 3. The van der Waals surface area contributed by atoms with Crippen LogP contribution in [0.4, 0.5) is 0 Å². The summed E-state index contributed by atoms with van der Waals surface area (Å²) < 4.78 is 43.2. The molecule has 0 radical (unpaired) electrons. The van der Waals surface area contributed by atoms with Gasteiger partial charge in [0.25, 0.3) is 0 Å². The van der Waals surface area contributed by atoms with Crippen LogP contribution < -0.4 is 0 Å². The summed E-state index contributed by atoms with van der Waals surface area (Å²) in [5.74, 6) is -1.81. The molecular weight excluding hydrogens is 424 g/mol. The number of benzene rings is 1. The second kappa shape index (κ2) is 7.80. The molecule has 1 fully saturated rings. The fourth-order valence-corrected chi connectivity index (χ4v) is 5.82. The van der Waals surface area contributed by atoms with E-state index in [-0.39, 0.29) is 24.4 Å². The normalized spacial score (nSPS) is 22.2. The summed E-state index contributed by atoms with van der Waals surface area (Å²) in [6, 6.07) is 7.16. The highest BCUT2D eigenvalue weighted by atomic mass is 79.9. The third-order valence-electron chi connectivity index (χ3n) is 4.51. The van der Waals surface area contributed by atoms with Crippen molar-refractivity contribution in [2.45, 2.75) is 36.6 Å². The molecule has 0 bridgehead atoms. The van der Waals surface area contributed by atoms with E-state index >= 15 is 0 Å². The Morgan fingerprint density at radius 2 is 2.00 bits per heavy atom. The van der Waals surface area contributed by atoms with Crippen molar-refractivity contribution >= 4 is 31.7 Å². The van der Waals surface area contributed by atoms with Crippen molar-refractivity contribution in [3.05, 3.63) is 46.0 Å². The van der Waals surface area contributed by atoms with Crippen molar-refractivity contribution in [1.29, 1.82) is 0 Å². The summed E-state index contributed by atoms with van der Waals surface area (Å²) in [6.07, 6.45) is 2.14. The molecule has 142 valence electrons. The minimum absolute atomic E-state index is 0.104. The van der Waals surface area contributed by atoms with Crippen LogP contribution in [0.5, 0.6) is 0 Å². The van der Waals surface area contributed by atoms with E-state index in [0.29, 0.717) is 25.2 Å². The van der Waals surface area contributed by atoms with E-state index in [1.54, 1.807) is 25.1 Å². The van der Waals surface area contributed by atoms with Gasteiger partial charge in [0, 0.05) is 10.9 Å². The number of halogens is 1. The van der Waals surface area contributed by atoms with Crippen LogP contribution in [0.1, 0.15) is 25.3 Å². The molecule has 0 N–H and O–H groups in total. The number of carbonyl (C=O) groups excluding carboxylic acids is 1. The van der Waals surface area contributed by atoms with Crippen LogP contribution in [0, 0.1) is 0 Å². The lowest BCUT2D eigenvalue weighted by molar-refractivity contribution is -0.143. The average Bonchev–Trinajstić information content (AvgIpc) is 3.04. The zero-order valence-electron chi connectivity index (χ0n) is 14.4. The molecule has 1 spiro atoms. The van der Waals surface area contributed by atoms with Crippen LogP contribution in [0.3, 0.4) is 0 Å². The largest absolute Gasteiger partial charge is 0.463 e. The van der Waals surface area contributed by atoms with Crippen molar-refractivity contribution in [2.75, 3.05) is 19.8 Å². The quantitative estimate of drug-likeness (QED) is 0.649. The lowest BCUT2D eigenvalue weighted by Gasteiger charge is -2.33. The third-order valence-corrected chi connectivity index (χ3v) is 7.36. The molecule has 3 rings (SSSR count). The number of rotatable bonds is 5. The van der Waals surface area contributed by atoms with E-state index in [1.165, 1.54) is 6.08 Å². The zero-order valence-corrected chi connectivity index (χ0v) is 16.8. The van der Waals surface area contributed by atoms with Crippen molar-refractivity contribution in [3.63, 3.8) is 0 Å². The van der Waals surface area contributed by atoms with Gasteiger partial charge in [-0.2, -0.15) is 0 Å². The molecule has 1 aliphatic heterocycles. The maximum atomic E-state index is 13.1. The second-order valence-corrected chi connectivity index (χ2v) is 9.29. The Balaban J connectivity index is 1.93. The highest BCUT2D eigenvalue weighted by Gasteiger charge is 2.45. The highest BCUT2D eigenvalue weighted by molar-refractivity contribution is 9.10. The minimum Gasteiger partial charge on any atom is -0.463 e. The Morgan fingerprint density at radius 3 is 2.65 bits per heavy atom. The van der Waals surface area contributed by atoms with E-state index in [9.17, 15) is 13.2 Å². The smallest absolute Gasteiger partial charge is 0.335 e. The number of carbonyl (C=O) groups is 1. The first-order valence-electron chi connectivity index (χ1n) is 8.50. The third kappa shape index (κ3) is 4.03. The van der Waals surface area contributed by atoms with Crippen LogP contribution in [0.25, 0.3) is 0 Å². The van der Waals surface area contributed by atoms with Crippen LogP contribution in [-0.2, 0) is 34.6 Å². The molecule has 1 atom stereocenters. The molecule has 1 aromatic rings. The number of hydrogen-bond donors (Lipinski definition) is 0. The first kappa shape index (κ1) is 19.5. The maximum absolute atomic E-state index is 13.1. The topological polar surface area (TPSA) is 78.9 Å². The first-order chi connectivity index (χ1) is 12.4. The fraction of sp³-hybridized carbons (Fsp3) is 0.500. The number of hydrogen-bond acceptors (Lipinski definition) is 6. The summed E-state index contributed by atoms with van der Waals surface area (Å²) in [4.78, 5) is 12.4. The maximum Gasteiger partial charge on any atom is 0.335 e. The SMILES string of the molecule is CCOC(=O)C1=CC2(CCC1S(=O)(=O)Cc1ccccc1Br)OCCO2. The molecular formula is C18H21BrO6S. The molecule has 1 aromatic carbocycles. The van der Waals surface area contributed by atoms with E-state index < -0.39 is 26.8 Å². The number of sulfone groups is 1. The lowest BCUT2D eigenvalue weighted by atomic mass is 9.94. The Labute approximate surface area is 161 Å². The molecule has 1 saturated heterocycles. The molecule has 6 nitrogen and oxygen atoms in total. The molecule has 8 heteroatoms. The minimum atomic E-state index is -3.63. The lowest BCUT2D eigenvalue weighted by Crippen LogP contribution is -2.40. The standard InChI is InChI=1S/C18H21BrO6S/c1-2-23-17(20)14-11-18(24-9-10-25-18)8-7-16(14)26(21,22)12-13-5-3-4-6-15(13)19/h3-6,11,16H,2,7-10,12H2,1H3. The van der Waals surface area contributed by atoms with Gasteiger partial charge in [-0.05, 0) is 31.1 Å². The summed E-state index contributed by atoms with van der Waals surface area (Å²) >= 11 is 3.38. The predicted molar refractivity (Wildman–Crippen MR) is 99.1 cm³/mol. The molecule has 0 amide bonds. The van der Waals surface area contributed by atoms with E-state index in [1.807, 2.05) is 6.07 Å². The summed E-state index contributed by atoms with van der Waals surface area (Å²) in [5, 5.41) is -0.938. The van der Waals surface area contributed by atoms with E-state index in [2.05, 4.69) is 15.9 Å². The summed E-state index contributed by atoms with van der Waals surface area (Å²) in [5.41, 5.74) is 0.761. The van der Waals surface area contributed by atoms with Crippen LogP contribution in [0.2, 0.25) is 0 Å². The average molecular weight is 445 g/mol. The van der Waals surface area contributed by atoms with E-state index in [4.69, 9.17) is 14.2 Å². The van der Waals surface area contributed by atoms with Crippen LogP contribution in [-0.4, -0.2) is 45.2 Å². The molecule has 1 aliphatic carbocycles. The van der Waals surface area contributed by atoms with E-state index in [0.717, 1.165) is 4.47 Å². The second-order valence-electron chi connectivity index (χ2n) is 6.25.